The molecular formula is C20H30O4. The summed E-state index contributed by atoms with van der Waals surface area (Å²) in [6.45, 7) is 9.74. The van der Waals surface area contributed by atoms with Gasteiger partial charge in [-0.25, -0.2) is 4.79 Å². The Morgan fingerprint density at radius 3 is 2.62 bits per heavy atom. The van der Waals surface area contributed by atoms with Gasteiger partial charge in [-0.3, -0.25) is 0 Å². The van der Waals surface area contributed by atoms with E-state index < -0.39 is 11.6 Å². The minimum Gasteiger partial charge on any atom is -0.478 e. The fourth-order valence-corrected chi connectivity index (χ4v) is 3.68. The molecule has 1 saturated heterocycles. The average Bonchev–Trinajstić information content (AvgIpc) is 2.90. The summed E-state index contributed by atoms with van der Waals surface area (Å²) >= 11 is 0. The van der Waals surface area contributed by atoms with E-state index in [9.17, 15) is 15.0 Å². The molecule has 0 aliphatic carbocycles. The second kappa shape index (κ2) is 7.66. The summed E-state index contributed by atoms with van der Waals surface area (Å²) in [5, 5.41) is 20.2. The van der Waals surface area contributed by atoms with Crippen LogP contribution >= 0.6 is 0 Å². The molecule has 4 nitrogen and oxygen atoms in total. The number of allylic oxidation sites excluding steroid dienone is 3. The number of aliphatic carboxylic acids is 1. The zero-order chi connectivity index (χ0) is 17.9. The number of carboxylic acids is 1. The highest BCUT2D eigenvalue weighted by Gasteiger charge is 2.45. The summed E-state index contributed by atoms with van der Waals surface area (Å²) in [6.07, 6.45) is 8.43. The Balaban J connectivity index is 2.27. The lowest BCUT2D eigenvalue weighted by atomic mass is 9.83. The van der Waals surface area contributed by atoms with Crippen molar-refractivity contribution in [2.45, 2.75) is 77.1 Å². The molecule has 0 aromatic heterocycles. The number of rotatable bonds is 2. The Morgan fingerprint density at radius 1 is 1.29 bits per heavy atom. The Kier molecular flexibility index (Phi) is 6.05. The van der Waals surface area contributed by atoms with E-state index >= 15 is 0 Å². The number of hydrogen-bond donors (Lipinski definition) is 2. The van der Waals surface area contributed by atoms with Crippen LogP contribution in [0.1, 0.15) is 59.3 Å². The molecular weight excluding hydrogens is 304 g/mol. The molecule has 2 bridgehead atoms. The Hall–Kier alpha value is -1.39. The van der Waals surface area contributed by atoms with Gasteiger partial charge in [0, 0.05) is 11.5 Å². The van der Waals surface area contributed by atoms with Crippen LogP contribution in [-0.4, -0.2) is 34.0 Å². The Bertz CT molecular complexity index is 556. The molecule has 0 spiro atoms. The lowest BCUT2D eigenvalue weighted by molar-refractivity contribution is -0.133. The molecule has 4 heteroatoms. The summed E-state index contributed by atoms with van der Waals surface area (Å²) in [7, 11) is 0. The highest BCUT2D eigenvalue weighted by Crippen LogP contribution is 2.40. The first-order valence-electron chi connectivity index (χ1n) is 8.82. The number of carbonyl (C=O) groups is 1. The maximum Gasteiger partial charge on any atom is 0.331 e. The number of carboxylic acid groups (broad SMARTS) is 1. The van der Waals surface area contributed by atoms with Crippen molar-refractivity contribution in [1.29, 1.82) is 0 Å². The number of aliphatic hydroxyl groups is 1. The lowest BCUT2D eigenvalue weighted by Gasteiger charge is -2.29. The first-order chi connectivity index (χ1) is 11.2. The van der Waals surface area contributed by atoms with Gasteiger partial charge in [0.25, 0.3) is 0 Å². The van der Waals surface area contributed by atoms with Crippen molar-refractivity contribution in [3.8, 4) is 0 Å². The van der Waals surface area contributed by atoms with E-state index in [1.807, 2.05) is 0 Å². The molecule has 24 heavy (non-hydrogen) atoms. The Labute approximate surface area is 144 Å². The molecule has 0 unspecified atom stereocenters. The first-order valence-corrected chi connectivity index (χ1v) is 8.82. The smallest absolute Gasteiger partial charge is 0.331 e. The van der Waals surface area contributed by atoms with Gasteiger partial charge in [0.05, 0.1) is 17.8 Å². The quantitative estimate of drug-likeness (QED) is 0.591. The van der Waals surface area contributed by atoms with Crippen LogP contribution in [0.2, 0.25) is 0 Å². The third-order valence-corrected chi connectivity index (χ3v) is 5.37. The molecule has 0 amide bonds. The zero-order valence-electron chi connectivity index (χ0n) is 15.0. The number of ether oxygens (including phenoxy) is 1. The van der Waals surface area contributed by atoms with Crippen LogP contribution in [0.4, 0.5) is 0 Å². The van der Waals surface area contributed by atoms with Crippen LogP contribution in [-0.2, 0) is 9.53 Å². The van der Waals surface area contributed by atoms with E-state index in [1.165, 1.54) is 11.1 Å². The summed E-state index contributed by atoms with van der Waals surface area (Å²) in [6, 6.07) is 0. The molecule has 2 N–H and O–H groups in total. The second-order valence-electron chi connectivity index (χ2n) is 7.58. The van der Waals surface area contributed by atoms with Crippen LogP contribution in [0.15, 0.2) is 35.5 Å². The average molecular weight is 334 g/mol. The van der Waals surface area contributed by atoms with Gasteiger partial charge < -0.3 is 14.9 Å². The molecule has 0 aromatic rings. The van der Waals surface area contributed by atoms with Gasteiger partial charge in [-0.2, -0.15) is 0 Å². The Morgan fingerprint density at radius 2 is 1.96 bits per heavy atom. The molecule has 2 aliphatic heterocycles. The number of fused-ring (bicyclic) bond motifs is 2. The lowest BCUT2D eigenvalue weighted by Crippen LogP contribution is -2.39. The first kappa shape index (κ1) is 18.9. The molecule has 2 heterocycles. The predicted molar refractivity (Wildman–Crippen MR) is 94.8 cm³/mol. The highest BCUT2D eigenvalue weighted by molar-refractivity contribution is 5.86. The molecule has 0 radical (unpaired) electrons. The predicted octanol–water partition coefficient (Wildman–Crippen LogP) is 4.01. The molecule has 2 rings (SSSR count). The van der Waals surface area contributed by atoms with Crippen LogP contribution in [0.3, 0.4) is 0 Å². The van der Waals surface area contributed by atoms with Gasteiger partial charge in [0.1, 0.15) is 0 Å². The van der Waals surface area contributed by atoms with Crippen molar-refractivity contribution in [2.24, 2.45) is 5.92 Å². The van der Waals surface area contributed by atoms with Gasteiger partial charge >= 0.3 is 5.97 Å². The van der Waals surface area contributed by atoms with Crippen molar-refractivity contribution in [3.05, 3.63) is 35.5 Å². The largest absolute Gasteiger partial charge is 0.478 e. The van der Waals surface area contributed by atoms with Crippen LogP contribution in [0, 0.1) is 5.92 Å². The fourth-order valence-electron chi connectivity index (χ4n) is 3.68. The third kappa shape index (κ3) is 4.58. The second-order valence-corrected chi connectivity index (χ2v) is 7.58. The minimum atomic E-state index is -0.977. The number of hydrogen-bond acceptors (Lipinski definition) is 3. The summed E-state index contributed by atoms with van der Waals surface area (Å²) in [5.41, 5.74) is 1.77. The van der Waals surface area contributed by atoms with E-state index in [-0.39, 0.29) is 23.7 Å². The minimum absolute atomic E-state index is 0.189. The molecule has 0 saturated carbocycles. The van der Waals surface area contributed by atoms with Crippen LogP contribution in [0.25, 0.3) is 0 Å². The van der Waals surface area contributed by atoms with E-state index in [0.717, 1.165) is 19.3 Å². The van der Waals surface area contributed by atoms with Crippen LogP contribution in [0.5, 0.6) is 0 Å². The van der Waals surface area contributed by atoms with E-state index in [2.05, 4.69) is 32.6 Å². The zero-order valence-corrected chi connectivity index (χ0v) is 15.0. The third-order valence-electron chi connectivity index (χ3n) is 5.37. The SMILES string of the molecule is C=C(C(=O)O)[C@@H]1C[C@@H]2O[C@H]1CC(C)=CCCC(C)=CCC[C@@]2(C)O. The normalized spacial score (nSPS) is 35.1. The fraction of sp³-hybridized carbons (Fsp3) is 0.650. The van der Waals surface area contributed by atoms with Crippen molar-refractivity contribution < 1.29 is 19.7 Å². The molecule has 2 aliphatic rings. The van der Waals surface area contributed by atoms with Gasteiger partial charge in [0.15, 0.2) is 0 Å². The van der Waals surface area contributed by atoms with Gasteiger partial charge in [-0.15, -0.1) is 0 Å². The molecule has 134 valence electrons. The topological polar surface area (TPSA) is 66.8 Å². The molecule has 1 fully saturated rings. The monoisotopic (exact) mass is 334 g/mol. The highest BCUT2D eigenvalue weighted by atomic mass is 16.5. The summed E-state index contributed by atoms with van der Waals surface area (Å²) in [4.78, 5) is 11.4. The van der Waals surface area contributed by atoms with E-state index in [4.69, 9.17) is 4.74 Å². The summed E-state index contributed by atoms with van der Waals surface area (Å²) in [5.74, 6) is -1.22. The van der Waals surface area contributed by atoms with Gasteiger partial charge in [-0.05, 0) is 59.3 Å². The van der Waals surface area contributed by atoms with Crippen LogP contribution < -0.4 is 0 Å². The molecule has 0 aromatic carbocycles. The van der Waals surface area contributed by atoms with Crippen molar-refractivity contribution in [3.63, 3.8) is 0 Å². The maximum atomic E-state index is 11.4. The maximum absolute atomic E-state index is 11.4. The van der Waals surface area contributed by atoms with Gasteiger partial charge in [0.2, 0.25) is 0 Å². The van der Waals surface area contributed by atoms with Crippen molar-refractivity contribution in [2.75, 3.05) is 0 Å². The van der Waals surface area contributed by atoms with Gasteiger partial charge in [-0.1, -0.05) is 29.9 Å². The van der Waals surface area contributed by atoms with Crippen molar-refractivity contribution >= 4 is 5.97 Å². The standard InChI is InChI=1S/C20H30O4/c1-13-7-5-8-14(2)11-17-16(15(3)19(21)22)12-18(24-17)20(4,23)10-6-9-13/h8-9,16-18,23H,3,5-7,10-12H2,1-2,4H3,(H,21,22)/t16-,17-,18-,20+/m0/s1. The van der Waals surface area contributed by atoms with E-state index in [1.54, 1.807) is 6.92 Å². The summed E-state index contributed by atoms with van der Waals surface area (Å²) < 4.78 is 6.14. The molecule has 4 atom stereocenters. The van der Waals surface area contributed by atoms with E-state index in [0.29, 0.717) is 19.3 Å². The van der Waals surface area contributed by atoms with Crippen molar-refractivity contribution in [1.82, 2.24) is 0 Å².